The van der Waals surface area contributed by atoms with E-state index in [4.69, 9.17) is 9.97 Å². The van der Waals surface area contributed by atoms with E-state index < -0.39 is 0 Å². The third-order valence-corrected chi connectivity index (χ3v) is 8.77. The fourth-order valence-corrected chi connectivity index (χ4v) is 6.58. The molecule has 4 aromatic heterocycles. The Balaban J connectivity index is 1.27. The first-order valence-corrected chi connectivity index (χ1v) is 14.8. The predicted octanol–water partition coefficient (Wildman–Crippen LogP) is 4.72. The first-order valence-electron chi connectivity index (χ1n) is 14.0. The van der Waals surface area contributed by atoms with Crippen molar-refractivity contribution in [1.29, 1.82) is 0 Å². The van der Waals surface area contributed by atoms with Crippen LogP contribution in [0.25, 0.3) is 21.6 Å². The van der Waals surface area contributed by atoms with Crippen molar-refractivity contribution in [3.63, 3.8) is 0 Å². The number of benzene rings is 1. The molecule has 212 valence electrons. The Morgan fingerprint density at radius 2 is 2.10 bits per heavy atom. The number of fused-ring (bicyclic) bond motifs is 2. The number of H-pyrrole nitrogens is 1. The maximum atomic E-state index is 13.3. The number of nitrogens with one attached hydrogen (secondary N) is 3. The van der Waals surface area contributed by atoms with Crippen molar-refractivity contribution in [2.75, 3.05) is 43.4 Å². The molecule has 5 aromatic rings. The van der Waals surface area contributed by atoms with Gasteiger partial charge in [0.2, 0.25) is 5.95 Å². The largest absolute Gasteiger partial charge is 0.370 e. The molecule has 1 aromatic carbocycles. The second-order valence-electron chi connectivity index (χ2n) is 10.3. The number of aryl methyl sites for hydroxylation is 2. The fraction of sp³-hybridized carbons (Fsp3) is 0.333. The first-order chi connectivity index (χ1) is 19.9. The molecule has 1 amide bonds. The van der Waals surface area contributed by atoms with Gasteiger partial charge in [-0.25, -0.2) is 4.98 Å². The summed E-state index contributed by atoms with van der Waals surface area (Å²) in [7, 11) is 3.82. The van der Waals surface area contributed by atoms with Gasteiger partial charge in [-0.05, 0) is 63.2 Å². The summed E-state index contributed by atoms with van der Waals surface area (Å²) in [6.45, 7) is 8.10. The lowest BCUT2D eigenvalue weighted by molar-refractivity contribution is 0.0735. The highest BCUT2D eigenvalue weighted by atomic mass is 32.1. The summed E-state index contributed by atoms with van der Waals surface area (Å²) in [6.07, 6.45) is 4.53. The SMILES string of the molecule is CCN(CCNC)c1cccc(Nc2nc(-c3cc4c(s3)CCN(C(=O)c3cn(C)nc3C)C4)c3cc[nH]c3n2)c1. The molecule has 0 fully saturated rings. The van der Waals surface area contributed by atoms with Crippen molar-refractivity contribution in [3.05, 3.63) is 70.5 Å². The monoisotopic (exact) mass is 569 g/mol. The summed E-state index contributed by atoms with van der Waals surface area (Å²) in [4.78, 5) is 32.9. The number of carbonyl (C=O) groups is 1. The Bertz CT molecular complexity index is 1700. The third-order valence-electron chi connectivity index (χ3n) is 7.53. The number of hydrogen-bond donors (Lipinski definition) is 3. The minimum atomic E-state index is 0.0328. The van der Waals surface area contributed by atoms with E-state index in [2.05, 4.69) is 56.8 Å². The molecule has 1 aliphatic heterocycles. The molecule has 0 bridgehead atoms. The van der Waals surface area contributed by atoms with E-state index in [0.29, 0.717) is 24.6 Å². The minimum Gasteiger partial charge on any atom is -0.370 e. The second kappa shape index (κ2) is 11.3. The Hall–Kier alpha value is -4.22. The minimum absolute atomic E-state index is 0.0328. The lowest BCUT2D eigenvalue weighted by atomic mass is 10.1. The van der Waals surface area contributed by atoms with E-state index in [9.17, 15) is 4.79 Å². The van der Waals surface area contributed by atoms with Gasteiger partial charge in [0.05, 0.1) is 21.8 Å². The molecule has 0 saturated heterocycles. The smallest absolute Gasteiger partial charge is 0.257 e. The molecular formula is C30H35N9OS. The van der Waals surface area contributed by atoms with Gasteiger partial charge in [0, 0.05) is 73.8 Å². The van der Waals surface area contributed by atoms with Crippen LogP contribution in [0.15, 0.2) is 48.8 Å². The number of anilines is 3. The molecule has 5 heterocycles. The fourth-order valence-electron chi connectivity index (χ4n) is 5.41. The highest BCUT2D eigenvalue weighted by Crippen LogP contribution is 2.38. The van der Waals surface area contributed by atoms with E-state index in [1.54, 1.807) is 16.0 Å². The summed E-state index contributed by atoms with van der Waals surface area (Å²) < 4.78 is 1.70. The Morgan fingerprint density at radius 3 is 2.88 bits per heavy atom. The molecule has 3 N–H and O–H groups in total. The zero-order valence-electron chi connectivity index (χ0n) is 23.9. The number of nitrogens with zero attached hydrogens (tertiary/aromatic N) is 6. The predicted molar refractivity (Wildman–Crippen MR) is 165 cm³/mol. The van der Waals surface area contributed by atoms with Crippen LogP contribution in [-0.4, -0.2) is 68.8 Å². The number of thiophene rings is 1. The zero-order valence-corrected chi connectivity index (χ0v) is 24.7. The van der Waals surface area contributed by atoms with E-state index in [0.717, 1.165) is 64.7 Å². The van der Waals surface area contributed by atoms with Gasteiger partial charge in [-0.15, -0.1) is 11.3 Å². The van der Waals surface area contributed by atoms with Gasteiger partial charge < -0.3 is 25.4 Å². The van der Waals surface area contributed by atoms with Crippen molar-refractivity contribution in [3.8, 4) is 10.6 Å². The number of likely N-dealkylation sites (N-methyl/N-ethyl adjacent to an activating group) is 2. The molecule has 10 nitrogen and oxygen atoms in total. The van der Waals surface area contributed by atoms with Gasteiger partial charge in [0.25, 0.3) is 5.91 Å². The van der Waals surface area contributed by atoms with Crippen LogP contribution in [0.5, 0.6) is 0 Å². The van der Waals surface area contributed by atoms with Crippen LogP contribution >= 0.6 is 11.3 Å². The van der Waals surface area contributed by atoms with Gasteiger partial charge in [-0.2, -0.15) is 10.1 Å². The lowest BCUT2D eigenvalue weighted by Crippen LogP contribution is -2.35. The average Bonchev–Trinajstić information content (AvgIpc) is 3.70. The van der Waals surface area contributed by atoms with Crippen LogP contribution in [0.1, 0.15) is 33.4 Å². The van der Waals surface area contributed by atoms with Crippen molar-refractivity contribution >= 4 is 45.6 Å². The van der Waals surface area contributed by atoms with E-state index in [-0.39, 0.29) is 5.91 Å². The normalized spacial score (nSPS) is 13.0. The van der Waals surface area contributed by atoms with Crippen LogP contribution in [0.3, 0.4) is 0 Å². The molecule has 6 rings (SSSR count). The summed E-state index contributed by atoms with van der Waals surface area (Å²) in [6, 6.07) is 12.6. The maximum Gasteiger partial charge on any atom is 0.257 e. The summed E-state index contributed by atoms with van der Waals surface area (Å²) >= 11 is 1.76. The van der Waals surface area contributed by atoms with Gasteiger partial charge >= 0.3 is 0 Å². The molecule has 0 aliphatic carbocycles. The third kappa shape index (κ3) is 5.42. The highest BCUT2D eigenvalue weighted by molar-refractivity contribution is 7.15. The molecule has 1 aliphatic rings. The van der Waals surface area contributed by atoms with Crippen molar-refractivity contribution in [1.82, 2.24) is 34.9 Å². The van der Waals surface area contributed by atoms with Crippen molar-refractivity contribution < 1.29 is 4.79 Å². The zero-order chi connectivity index (χ0) is 28.5. The molecule has 0 radical (unpaired) electrons. The quantitative estimate of drug-likeness (QED) is 0.236. The molecular weight excluding hydrogens is 534 g/mol. The number of amides is 1. The van der Waals surface area contributed by atoms with E-state index in [1.807, 2.05) is 50.4 Å². The molecule has 0 atom stereocenters. The Kier molecular flexibility index (Phi) is 7.46. The van der Waals surface area contributed by atoms with Crippen LogP contribution < -0.4 is 15.5 Å². The van der Waals surface area contributed by atoms with Gasteiger partial charge in [-0.1, -0.05) is 6.07 Å². The summed E-state index contributed by atoms with van der Waals surface area (Å²) in [5, 5.41) is 12.0. The highest BCUT2D eigenvalue weighted by Gasteiger charge is 2.27. The van der Waals surface area contributed by atoms with Crippen LogP contribution in [0.4, 0.5) is 17.3 Å². The molecule has 11 heteroatoms. The van der Waals surface area contributed by atoms with E-state index >= 15 is 0 Å². The summed E-state index contributed by atoms with van der Waals surface area (Å²) in [5.41, 5.74) is 6.37. The summed E-state index contributed by atoms with van der Waals surface area (Å²) in [5.74, 6) is 0.575. The standard InChI is InChI=1S/C30H35N9OS/c1-5-38(14-12-31-3)22-8-6-7-21(16-22)33-30-34-27(23-9-11-32-28(23)35-30)26-15-20-17-39(13-10-25(20)41-26)29(40)24-18-37(4)36-19(24)2/h6-9,11,15-16,18,31H,5,10,12-14,17H2,1-4H3,(H2,32,33,34,35). The van der Waals surface area contributed by atoms with Crippen molar-refractivity contribution in [2.24, 2.45) is 7.05 Å². The number of rotatable bonds is 9. The first kappa shape index (κ1) is 27.0. The average molecular weight is 570 g/mol. The number of aromatic nitrogens is 5. The van der Waals surface area contributed by atoms with Gasteiger partial charge in [0.15, 0.2) is 0 Å². The van der Waals surface area contributed by atoms with E-state index in [1.165, 1.54) is 10.4 Å². The van der Waals surface area contributed by atoms with Crippen LogP contribution in [0, 0.1) is 6.92 Å². The molecule has 41 heavy (non-hydrogen) atoms. The molecule has 0 unspecified atom stereocenters. The second-order valence-corrected chi connectivity index (χ2v) is 11.5. The number of carbonyl (C=O) groups excluding carboxylic acids is 1. The van der Waals surface area contributed by atoms with Gasteiger partial charge in [-0.3, -0.25) is 9.48 Å². The molecule has 0 saturated carbocycles. The van der Waals surface area contributed by atoms with Crippen LogP contribution in [-0.2, 0) is 20.0 Å². The number of hydrogen-bond acceptors (Lipinski definition) is 8. The topological polar surface area (TPSA) is 107 Å². The van der Waals surface area contributed by atoms with Crippen molar-refractivity contribution in [2.45, 2.75) is 26.8 Å². The van der Waals surface area contributed by atoms with Gasteiger partial charge in [0.1, 0.15) is 5.65 Å². The lowest BCUT2D eigenvalue weighted by Gasteiger charge is -2.26. The Labute approximate surface area is 243 Å². The number of aromatic amines is 1. The Morgan fingerprint density at radius 1 is 1.22 bits per heavy atom. The maximum absolute atomic E-state index is 13.3. The molecule has 0 spiro atoms. The van der Waals surface area contributed by atoms with Crippen LogP contribution in [0.2, 0.25) is 0 Å².